The van der Waals surface area contributed by atoms with Crippen LogP contribution in [0.4, 0.5) is 0 Å². The largest absolute Gasteiger partial charge is 0.470 e. The maximum atomic E-state index is 12.3. The first kappa shape index (κ1) is 15.5. The van der Waals surface area contributed by atoms with Gasteiger partial charge < -0.3 is 9.64 Å². The third kappa shape index (κ3) is 3.42. The van der Waals surface area contributed by atoms with Crippen molar-refractivity contribution in [3.63, 3.8) is 0 Å². The number of aromatic nitrogens is 2. The fraction of sp³-hybridized carbons (Fsp3) is 0.571. The van der Waals surface area contributed by atoms with Gasteiger partial charge in [0.1, 0.15) is 12.2 Å². The number of amides is 1. The van der Waals surface area contributed by atoms with E-state index in [1.54, 1.807) is 4.90 Å². The van der Waals surface area contributed by atoms with Crippen LogP contribution in [0.3, 0.4) is 0 Å². The molecule has 0 aliphatic carbocycles. The molecule has 1 atom stereocenters. The Kier molecular flexibility index (Phi) is 4.63. The summed E-state index contributed by atoms with van der Waals surface area (Å²) in [5.74, 6) is 0.510. The summed E-state index contributed by atoms with van der Waals surface area (Å²) < 4.78 is 5.70. The average molecular weight is 309 g/mol. The summed E-state index contributed by atoms with van der Waals surface area (Å²) in [6.07, 6.45) is 3.44. The van der Waals surface area contributed by atoms with Gasteiger partial charge in [-0.05, 0) is 13.8 Å². The first-order valence-corrected chi connectivity index (χ1v) is 7.24. The standard InChI is InChI=1S/C14H17ClN4O2/c1-14(2,9-15)13(20)19-6-3-10(8-19)21-12-11(7-16)17-4-5-18-12/h4-5,10H,3,6,8-9H2,1-2H3. The van der Waals surface area contributed by atoms with Crippen LogP contribution in [-0.2, 0) is 4.79 Å². The van der Waals surface area contributed by atoms with Gasteiger partial charge >= 0.3 is 0 Å². The summed E-state index contributed by atoms with van der Waals surface area (Å²) in [5, 5.41) is 8.96. The molecule has 112 valence electrons. The summed E-state index contributed by atoms with van der Waals surface area (Å²) in [6.45, 7) is 4.74. The molecule has 7 heteroatoms. The molecule has 6 nitrogen and oxygen atoms in total. The number of nitrogens with zero attached hydrogens (tertiary/aromatic N) is 4. The van der Waals surface area contributed by atoms with Crippen LogP contribution in [0.25, 0.3) is 0 Å². The number of hydrogen-bond acceptors (Lipinski definition) is 5. The van der Waals surface area contributed by atoms with Crippen molar-refractivity contribution in [2.75, 3.05) is 19.0 Å². The summed E-state index contributed by atoms with van der Waals surface area (Å²) >= 11 is 5.84. The van der Waals surface area contributed by atoms with E-state index >= 15 is 0 Å². The molecule has 1 aromatic heterocycles. The Labute approximate surface area is 128 Å². The summed E-state index contributed by atoms with van der Waals surface area (Å²) in [7, 11) is 0. The van der Waals surface area contributed by atoms with Crippen molar-refractivity contribution in [2.24, 2.45) is 5.41 Å². The Morgan fingerprint density at radius 1 is 1.57 bits per heavy atom. The maximum absolute atomic E-state index is 12.3. The molecule has 0 radical (unpaired) electrons. The highest BCUT2D eigenvalue weighted by molar-refractivity contribution is 6.19. The van der Waals surface area contributed by atoms with Crippen molar-refractivity contribution < 1.29 is 9.53 Å². The number of ether oxygens (including phenoxy) is 1. The molecule has 2 rings (SSSR count). The SMILES string of the molecule is CC(C)(CCl)C(=O)N1CCC(Oc2nccnc2C#N)C1. The van der Waals surface area contributed by atoms with Crippen molar-refractivity contribution >= 4 is 17.5 Å². The highest BCUT2D eigenvalue weighted by Gasteiger charge is 2.36. The van der Waals surface area contributed by atoms with Gasteiger partial charge in [0.2, 0.25) is 11.6 Å². The molecule has 1 fully saturated rings. The van der Waals surface area contributed by atoms with Crippen LogP contribution < -0.4 is 4.74 Å². The van der Waals surface area contributed by atoms with Gasteiger partial charge in [-0.25, -0.2) is 9.97 Å². The highest BCUT2D eigenvalue weighted by atomic mass is 35.5. The van der Waals surface area contributed by atoms with Crippen LogP contribution in [-0.4, -0.2) is 45.8 Å². The molecule has 1 saturated heterocycles. The number of hydrogen-bond donors (Lipinski definition) is 0. The zero-order valence-electron chi connectivity index (χ0n) is 12.0. The van der Waals surface area contributed by atoms with E-state index in [1.807, 2.05) is 19.9 Å². The highest BCUT2D eigenvalue weighted by Crippen LogP contribution is 2.25. The molecular formula is C14H17ClN4O2. The third-order valence-electron chi connectivity index (χ3n) is 3.39. The Morgan fingerprint density at radius 3 is 2.95 bits per heavy atom. The minimum Gasteiger partial charge on any atom is -0.470 e. The average Bonchev–Trinajstić information content (AvgIpc) is 2.95. The van der Waals surface area contributed by atoms with Gasteiger partial charge in [0, 0.05) is 31.2 Å². The molecule has 21 heavy (non-hydrogen) atoms. The van der Waals surface area contributed by atoms with E-state index in [2.05, 4.69) is 9.97 Å². The normalized spacial score (nSPS) is 18.4. The molecule has 0 saturated carbocycles. The number of carbonyl (C=O) groups is 1. The molecular weight excluding hydrogens is 292 g/mol. The lowest BCUT2D eigenvalue weighted by molar-refractivity contribution is -0.138. The van der Waals surface area contributed by atoms with E-state index in [9.17, 15) is 4.79 Å². The molecule has 1 aromatic rings. The first-order chi connectivity index (χ1) is 9.97. The number of rotatable bonds is 4. The van der Waals surface area contributed by atoms with Gasteiger partial charge in [-0.2, -0.15) is 5.26 Å². The molecule has 1 unspecified atom stereocenters. The second kappa shape index (κ2) is 6.27. The van der Waals surface area contributed by atoms with Gasteiger partial charge in [-0.15, -0.1) is 11.6 Å². The van der Waals surface area contributed by atoms with Crippen molar-refractivity contribution in [2.45, 2.75) is 26.4 Å². The predicted molar refractivity (Wildman–Crippen MR) is 76.9 cm³/mol. The number of alkyl halides is 1. The van der Waals surface area contributed by atoms with Crippen LogP contribution in [0.2, 0.25) is 0 Å². The Hall–Kier alpha value is -1.87. The van der Waals surface area contributed by atoms with Crippen molar-refractivity contribution in [1.29, 1.82) is 5.26 Å². The molecule has 0 spiro atoms. The monoisotopic (exact) mass is 308 g/mol. The van der Waals surface area contributed by atoms with E-state index in [1.165, 1.54) is 12.4 Å². The summed E-state index contributed by atoms with van der Waals surface area (Å²) in [4.78, 5) is 22.0. The fourth-order valence-electron chi connectivity index (χ4n) is 2.14. The van der Waals surface area contributed by atoms with E-state index in [-0.39, 0.29) is 29.5 Å². The summed E-state index contributed by atoms with van der Waals surface area (Å²) in [5.41, 5.74) is -0.427. The zero-order chi connectivity index (χ0) is 15.5. The van der Waals surface area contributed by atoms with Crippen molar-refractivity contribution in [3.8, 4) is 11.9 Å². The topological polar surface area (TPSA) is 79.1 Å². The molecule has 0 bridgehead atoms. The third-order valence-corrected chi connectivity index (χ3v) is 4.06. The number of nitriles is 1. The van der Waals surface area contributed by atoms with Gasteiger partial charge in [0.15, 0.2) is 0 Å². The van der Waals surface area contributed by atoms with E-state index in [0.717, 1.165) is 0 Å². The lowest BCUT2D eigenvalue weighted by Gasteiger charge is -2.27. The van der Waals surface area contributed by atoms with Crippen LogP contribution in [0.1, 0.15) is 26.0 Å². The van der Waals surface area contributed by atoms with Crippen molar-refractivity contribution in [3.05, 3.63) is 18.1 Å². The van der Waals surface area contributed by atoms with Crippen LogP contribution in [0.15, 0.2) is 12.4 Å². The predicted octanol–water partition coefficient (Wildman–Crippen LogP) is 1.59. The second-order valence-electron chi connectivity index (χ2n) is 5.62. The molecule has 1 aliphatic rings. The lowest BCUT2D eigenvalue weighted by Crippen LogP contribution is -2.41. The number of likely N-dealkylation sites (tertiary alicyclic amines) is 1. The first-order valence-electron chi connectivity index (χ1n) is 6.71. The van der Waals surface area contributed by atoms with Gasteiger partial charge in [0.05, 0.1) is 12.0 Å². The quantitative estimate of drug-likeness (QED) is 0.789. The van der Waals surface area contributed by atoms with Gasteiger partial charge in [-0.3, -0.25) is 4.79 Å². The van der Waals surface area contributed by atoms with E-state index in [4.69, 9.17) is 21.6 Å². The Balaban J connectivity index is 2.00. The van der Waals surface area contributed by atoms with Crippen LogP contribution >= 0.6 is 11.6 Å². The Bertz CT molecular complexity index is 570. The fourth-order valence-corrected chi connectivity index (χ4v) is 2.25. The van der Waals surface area contributed by atoms with Gasteiger partial charge in [0.25, 0.3) is 5.88 Å². The van der Waals surface area contributed by atoms with Gasteiger partial charge in [-0.1, -0.05) is 0 Å². The van der Waals surface area contributed by atoms with E-state index in [0.29, 0.717) is 19.5 Å². The zero-order valence-corrected chi connectivity index (χ0v) is 12.8. The smallest absolute Gasteiger partial charge is 0.251 e. The molecule has 0 N–H and O–H groups in total. The molecule has 1 aliphatic heterocycles. The molecule has 0 aromatic carbocycles. The lowest BCUT2D eigenvalue weighted by atomic mass is 9.94. The summed E-state index contributed by atoms with van der Waals surface area (Å²) in [6, 6.07) is 1.94. The van der Waals surface area contributed by atoms with Crippen LogP contribution in [0, 0.1) is 16.7 Å². The number of halogens is 1. The number of carbonyl (C=O) groups excluding carboxylic acids is 1. The minimum absolute atomic E-state index is 0.0169. The van der Waals surface area contributed by atoms with E-state index < -0.39 is 5.41 Å². The Morgan fingerprint density at radius 2 is 2.29 bits per heavy atom. The maximum Gasteiger partial charge on any atom is 0.251 e. The second-order valence-corrected chi connectivity index (χ2v) is 5.89. The van der Waals surface area contributed by atoms with Crippen molar-refractivity contribution in [1.82, 2.24) is 14.9 Å². The molecule has 1 amide bonds. The molecule has 2 heterocycles. The van der Waals surface area contributed by atoms with Crippen LogP contribution in [0.5, 0.6) is 5.88 Å². The minimum atomic E-state index is -0.583.